The van der Waals surface area contributed by atoms with Crippen molar-refractivity contribution in [3.63, 3.8) is 0 Å². The minimum absolute atomic E-state index is 0.0425. The standard InChI is InChI=1S/C14H17ClFNO3S/c1-21-6-2-3-13(18)17-12(8-14(19)20)9-4-5-10(15)11(16)7-9/h4-5,7,12H,2-3,6,8H2,1H3,(H,17,18)(H,19,20). The first-order chi connectivity index (χ1) is 9.93. The van der Waals surface area contributed by atoms with Crippen LogP contribution in [0.4, 0.5) is 4.39 Å². The predicted molar refractivity (Wildman–Crippen MR) is 82.2 cm³/mol. The highest BCUT2D eigenvalue weighted by atomic mass is 35.5. The maximum Gasteiger partial charge on any atom is 0.305 e. The van der Waals surface area contributed by atoms with E-state index in [2.05, 4.69) is 5.32 Å². The number of carboxylic acids is 1. The van der Waals surface area contributed by atoms with E-state index in [9.17, 15) is 14.0 Å². The van der Waals surface area contributed by atoms with E-state index in [1.807, 2.05) is 6.26 Å². The average Bonchev–Trinajstić information content (AvgIpc) is 2.41. The van der Waals surface area contributed by atoms with Crippen molar-refractivity contribution in [1.82, 2.24) is 5.32 Å². The van der Waals surface area contributed by atoms with Gasteiger partial charge in [0.1, 0.15) is 5.82 Å². The Hall–Kier alpha value is -1.27. The Bertz CT molecular complexity index is 513. The third-order valence-corrected chi connectivity index (χ3v) is 3.82. The summed E-state index contributed by atoms with van der Waals surface area (Å²) in [6, 6.07) is 3.25. The molecule has 0 spiro atoms. The molecule has 0 bridgehead atoms. The zero-order valence-electron chi connectivity index (χ0n) is 11.6. The minimum atomic E-state index is -1.07. The van der Waals surface area contributed by atoms with Crippen molar-refractivity contribution < 1.29 is 19.1 Å². The van der Waals surface area contributed by atoms with Gasteiger partial charge in [0.25, 0.3) is 0 Å². The van der Waals surface area contributed by atoms with Crippen molar-refractivity contribution >= 4 is 35.2 Å². The molecule has 1 atom stereocenters. The van der Waals surface area contributed by atoms with Gasteiger partial charge in [0.2, 0.25) is 5.91 Å². The molecule has 1 amide bonds. The van der Waals surface area contributed by atoms with Crippen LogP contribution in [0.25, 0.3) is 0 Å². The number of halogens is 2. The molecule has 0 fully saturated rings. The Kier molecular flexibility index (Phi) is 7.53. The number of thioether (sulfide) groups is 1. The third-order valence-electron chi connectivity index (χ3n) is 2.81. The maximum atomic E-state index is 13.5. The molecule has 7 heteroatoms. The summed E-state index contributed by atoms with van der Waals surface area (Å²) in [5.74, 6) is -1.10. The molecule has 0 aliphatic heterocycles. The van der Waals surface area contributed by atoms with Crippen LogP contribution in [-0.2, 0) is 9.59 Å². The lowest BCUT2D eigenvalue weighted by atomic mass is 10.0. The Morgan fingerprint density at radius 3 is 2.76 bits per heavy atom. The SMILES string of the molecule is CSCCCC(=O)NC(CC(=O)O)c1ccc(Cl)c(F)c1. The first kappa shape index (κ1) is 17.8. The number of carboxylic acid groups (broad SMARTS) is 1. The number of carbonyl (C=O) groups is 2. The van der Waals surface area contributed by atoms with Gasteiger partial charge < -0.3 is 10.4 Å². The zero-order chi connectivity index (χ0) is 15.8. The van der Waals surface area contributed by atoms with Gasteiger partial charge in [0.05, 0.1) is 17.5 Å². The normalized spacial score (nSPS) is 12.0. The highest BCUT2D eigenvalue weighted by molar-refractivity contribution is 7.98. The smallest absolute Gasteiger partial charge is 0.305 e. The molecule has 0 aliphatic carbocycles. The lowest BCUT2D eigenvalue weighted by Gasteiger charge is -2.18. The largest absolute Gasteiger partial charge is 0.481 e. The third kappa shape index (κ3) is 6.35. The Labute approximate surface area is 132 Å². The average molecular weight is 334 g/mol. The van der Waals surface area contributed by atoms with E-state index in [0.29, 0.717) is 18.4 Å². The second-order valence-electron chi connectivity index (χ2n) is 4.49. The highest BCUT2D eigenvalue weighted by Gasteiger charge is 2.19. The fraction of sp³-hybridized carbons (Fsp3) is 0.429. The second kappa shape index (κ2) is 8.89. The molecular weight excluding hydrogens is 317 g/mol. The first-order valence-corrected chi connectivity index (χ1v) is 8.16. The number of nitrogens with one attached hydrogen (secondary N) is 1. The van der Waals surface area contributed by atoms with Crippen LogP contribution in [0.2, 0.25) is 5.02 Å². The van der Waals surface area contributed by atoms with Crippen molar-refractivity contribution in [2.75, 3.05) is 12.0 Å². The number of carbonyl (C=O) groups excluding carboxylic acids is 1. The van der Waals surface area contributed by atoms with Crippen LogP contribution in [0.1, 0.15) is 30.9 Å². The molecule has 0 saturated heterocycles. The molecule has 0 radical (unpaired) electrons. The summed E-state index contributed by atoms with van der Waals surface area (Å²) in [4.78, 5) is 22.7. The van der Waals surface area contributed by atoms with E-state index >= 15 is 0 Å². The van der Waals surface area contributed by atoms with Crippen LogP contribution >= 0.6 is 23.4 Å². The molecule has 1 aromatic rings. The molecule has 0 saturated carbocycles. The van der Waals surface area contributed by atoms with Crippen LogP contribution in [0, 0.1) is 5.82 Å². The number of aliphatic carboxylic acids is 1. The quantitative estimate of drug-likeness (QED) is 0.717. The summed E-state index contributed by atoms with van der Waals surface area (Å²) in [6.07, 6.45) is 2.66. The Balaban J connectivity index is 2.77. The molecule has 116 valence electrons. The lowest BCUT2D eigenvalue weighted by Crippen LogP contribution is -2.30. The summed E-state index contributed by atoms with van der Waals surface area (Å²) >= 11 is 7.24. The van der Waals surface area contributed by atoms with Gasteiger partial charge in [-0.25, -0.2) is 4.39 Å². The van der Waals surface area contributed by atoms with Gasteiger partial charge in [0.15, 0.2) is 0 Å². The van der Waals surface area contributed by atoms with Gasteiger partial charge in [-0.1, -0.05) is 17.7 Å². The Morgan fingerprint density at radius 2 is 2.19 bits per heavy atom. The molecule has 21 heavy (non-hydrogen) atoms. The fourth-order valence-electron chi connectivity index (χ4n) is 1.80. The van der Waals surface area contributed by atoms with Crippen molar-refractivity contribution in [3.8, 4) is 0 Å². The van der Waals surface area contributed by atoms with Crippen LogP contribution in [0.3, 0.4) is 0 Å². The lowest BCUT2D eigenvalue weighted by molar-refractivity contribution is -0.137. The first-order valence-electron chi connectivity index (χ1n) is 6.39. The summed E-state index contributed by atoms with van der Waals surface area (Å²) in [7, 11) is 0. The molecule has 0 heterocycles. The molecule has 2 N–H and O–H groups in total. The number of rotatable bonds is 8. The number of hydrogen-bond donors (Lipinski definition) is 2. The van der Waals surface area contributed by atoms with Gasteiger partial charge >= 0.3 is 5.97 Å². The summed E-state index contributed by atoms with van der Waals surface area (Å²) < 4.78 is 13.5. The number of hydrogen-bond acceptors (Lipinski definition) is 3. The van der Waals surface area contributed by atoms with Crippen LogP contribution in [0.5, 0.6) is 0 Å². The minimum Gasteiger partial charge on any atom is -0.481 e. The van der Waals surface area contributed by atoms with E-state index in [-0.39, 0.29) is 17.4 Å². The molecule has 4 nitrogen and oxygen atoms in total. The molecule has 1 unspecified atom stereocenters. The second-order valence-corrected chi connectivity index (χ2v) is 5.88. The topological polar surface area (TPSA) is 66.4 Å². The van der Waals surface area contributed by atoms with E-state index in [0.717, 1.165) is 11.8 Å². The van der Waals surface area contributed by atoms with Gasteiger partial charge in [-0.15, -0.1) is 0 Å². The van der Waals surface area contributed by atoms with E-state index in [1.165, 1.54) is 12.1 Å². The summed E-state index contributed by atoms with van der Waals surface area (Å²) in [5.41, 5.74) is 0.387. The van der Waals surface area contributed by atoms with E-state index < -0.39 is 17.8 Å². The van der Waals surface area contributed by atoms with E-state index in [1.54, 1.807) is 11.8 Å². The van der Waals surface area contributed by atoms with Crippen LogP contribution in [0.15, 0.2) is 18.2 Å². The van der Waals surface area contributed by atoms with Crippen molar-refractivity contribution in [3.05, 3.63) is 34.6 Å². The van der Waals surface area contributed by atoms with Crippen molar-refractivity contribution in [1.29, 1.82) is 0 Å². The monoisotopic (exact) mass is 333 g/mol. The van der Waals surface area contributed by atoms with E-state index in [4.69, 9.17) is 16.7 Å². The number of benzene rings is 1. The Morgan fingerprint density at radius 1 is 1.48 bits per heavy atom. The summed E-state index contributed by atoms with van der Waals surface area (Å²) in [6.45, 7) is 0. The maximum absolute atomic E-state index is 13.5. The molecule has 1 aromatic carbocycles. The molecule has 0 aliphatic rings. The van der Waals surface area contributed by atoms with Gasteiger partial charge in [0, 0.05) is 6.42 Å². The predicted octanol–water partition coefficient (Wildman–Crippen LogP) is 3.25. The van der Waals surface area contributed by atoms with Crippen LogP contribution < -0.4 is 5.32 Å². The molecular formula is C14H17ClFNO3S. The van der Waals surface area contributed by atoms with Crippen molar-refractivity contribution in [2.24, 2.45) is 0 Å². The van der Waals surface area contributed by atoms with Gasteiger partial charge in [-0.05, 0) is 36.1 Å². The van der Waals surface area contributed by atoms with Crippen LogP contribution in [-0.4, -0.2) is 29.0 Å². The molecule has 1 rings (SSSR count). The summed E-state index contributed by atoms with van der Waals surface area (Å²) in [5, 5.41) is 11.5. The highest BCUT2D eigenvalue weighted by Crippen LogP contribution is 2.22. The van der Waals surface area contributed by atoms with Gasteiger partial charge in [-0.3, -0.25) is 9.59 Å². The molecule has 0 aromatic heterocycles. The fourth-order valence-corrected chi connectivity index (χ4v) is 2.35. The van der Waals surface area contributed by atoms with Gasteiger partial charge in [-0.2, -0.15) is 11.8 Å². The zero-order valence-corrected chi connectivity index (χ0v) is 13.1. The number of amides is 1. The van der Waals surface area contributed by atoms with Crippen molar-refractivity contribution in [2.45, 2.75) is 25.3 Å².